The maximum Gasteiger partial charge on any atom is 0.494 e. The Morgan fingerprint density at radius 1 is 0.958 bits per heavy atom. The number of amides is 1. The molecule has 4 nitrogen and oxygen atoms in total. The first-order valence-electron chi connectivity index (χ1n) is 9.02. The fraction of sp³-hybridized carbons (Fsp3) is 0.632. The minimum Gasteiger partial charge on any atom is -0.399 e. The van der Waals surface area contributed by atoms with Gasteiger partial charge in [-0.1, -0.05) is 18.6 Å². The lowest BCUT2D eigenvalue weighted by Gasteiger charge is -2.36. The van der Waals surface area contributed by atoms with Gasteiger partial charge in [0, 0.05) is 12.2 Å². The molecule has 0 N–H and O–H groups in total. The summed E-state index contributed by atoms with van der Waals surface area (Å²) in [7, 11) is -0.351. The third kappa shape index (κ3) is 2.25. The van der Waals surface area contributed by atoms with E-state index in [4.69, 9.17) is 9.31 Å². The molecule has 2 aliphatic heterocycles. The number of hydrogen-bond acceptors (Lipinski definition) is 3. The van der Waals surface area contributed by atoms with Crippen LogP contribution in [0.2, 0.25) is 0 Å². The Hall–Kier alpha value is -1.33. The van der Waals surface area contributed by atoms with Crippen molar-refractivity contribution in [3.8, 4) is 0 Å². The fourth-order valence-corrected chi connectivity index (χ4v) is 3.92. The Kier molecular flexibility index (Phi) is 3.43. The second-order valence-corrected chi connectivity index (χ2v) is 8.52. The predicted molar refractivity (Wildman–Crippen MR) is 95.4 cm³/mol. The molecule has 3 fully saturated rings. The molecule has 1 spiro atoms. The fourth-order valence-electron chi connectivity index (χ4n) is 3.92. The van der Waals surface area contributed by atoms with Crippen molar-refractivity contribution in [3.63, 3.8) is 0 Å². The first kappa shape index (κ1) is 16.2. The molecule has 4 rings (SSSR count). The molecule has 24 heavy (non-hydrogen) atoms. The lowest BCUT2D eigenvalue weighted by Crippen LogP contribution is -2.41. The average molecular weight is 327 g/mol. The summed E-state index contributed by atoms with van der Waals surface area (Å²) in [6.07, 6.45) is 4.33. The molecule has 2 saturated heterocycles. The average Bonchev–Trinajstić information content (AvgIpc) is 2.93. The monoisotopic (exact) mass is 327 g/mol. The molecule has 2 heterocycles. The van der Waals surface area contributed by atoms with E-state index in [1.807, 2.05) is 29.2 Å². The van der Waals surface area contributed by atoms with Gasteiger partial charge in [0.25, 0.3) is 0 Å². The third-order valence-corrected chi connectivity index (χ3v) is 6.55. The van der Waals surface area contributed by atoms with E-state index in [1.165, 1.54) is 6.42 Å². The molecule has 1 amide bonds. The summed E-state index contributed by atoms with van der Waals surface area (Å²) in [5.41, 5.74) is 1.28. The minimum atomic E-state index is -0.351. The van der Waals surface area contributed by atoms with Gasteiger partial charge in [0.05, 0.1) is 16.6 Å². The summed E-state index contributed by atoms with van der Waals surface area (Å²) in [6, 6.07) is 8.10. The topological polar surface area (TPSA) is 38.8 Å². The smallest absolute Gasteiger partial charge is 0.399 e. The summed E-state index contributed by atoms with van der Waals surface area (Å²) in [6.45, 7) is 9.07. The third-order valence-electron chi connectivity index (χ3n) is 6.55. The maximum atomic E-state index is 12.7. The van der Waals surface area contributed by atoms with Gasteiger partial charge in [0.2, 0.25) is 5.91 Å². The molecular formula is C19H26BNO3. The van der Waals surface area contributed by atoms with E-state index in [-0.39, 0.29) is 23.7 Å². The van der Waals surface area contributed by atoms with E-state index in [0.717, 1.165) is 37.0 Å². The zero-order chi connectivity index (χ0) is 17.2. The van der Waals surface area contributed by atoms with Gasteiger partial charge in [-0.25, -0.2) is 0 Å². The van der Waals surface area contributed by atoms with Crippen LogP contribution >= 0.6 is 0 Å². The highest BCUT2D eigenvalue weighted by atomic mass is 16.7. The van der Waals surface area contributed by atoms with Crippen molar-refractivity contribution >= 4 is 24.2 Å². The van der Waals surface area contributed by atoms with E-state index < -0.39 is 0 Å². The van der Waals surface area contributed by atoms with Gasteiger partial charge in [0.15, 0.2) is 0 Å². The van der Waals surface area contributed by atoms with Gasteiger partial charge in [-0.2, -0.15) is 0 Å². The molecule has 1 aromatic rings. The van der Waals surface area contributed by atoms with Crippen LogP contribution in [0, 0.1) is 5.41 Å². The SMILES string of the molecule is CC1(C)OB(c2ccc(N3CCC4(CCC4)C3=O)cc2)OC1(C)C. The van der Waals surface area contributed by atoms with Gasteiger partial charge >= 0.3 is 7.12 Å². The van der Waals surface area contributed by atoms with Gasteiger partial charge in [-0.05, 0) is 64.6 Å². The van der Waals surface area contributed by atoms with Gasteiger partial charge in [-0.15, -0.1) is 0 Å². The Labute approximate surface area is 144 Å². The molecule has 0 atom stereocenters. The zero-order valence-electron chi connectivity index (χ0n) is 15.1. The Bertz CT molecular complexity index is 648. The summed E-state index contributed by atoms with van der Waals surface area (Å²) < 4.78 is 12.2. The van der Waals surface area contributed by atoms with Crippen LogP contribution in [0.4, 0.5) is 5.69 Å². The molecule has 0 bridgehead atoms. The summed E-state index contributed by atoms with van der Waals surface area (Å²) in [5.74, 6) is 0.317. The van der Waals surface area contributed by atoms with Crippen molar-refractivity contribution in [1.82, 2.24) is 0 Å². The van der Waals surface area contributed by atoms with Crippen LogP contribution in [0.15, 0.2) is 24.3 Å². The number of anilines is 1. The van der Waals surface area contributed by atoms with Crippen LogP contribution in [0.3, 0.4) is 0 Å². The highest BCUT2D eigenvalue weighted by Crippen LogP contribution is 2.49. The van der Waals surface area contributed by atoms with Crippen molar-refractivity contribution < 1.29 is 14.1 Å². The Morgan fingerprint density at radius 2 is 1.54 bits per heavy atom. The molecule has 128 valence electrons. The quantitative estimate of drug-likeness (QED) is 0.784. The second kappa shape index (κ2) is 5.09. The number of carbonyl (C=O) groups excluding carboxylic acids is 1. The van der Waals surface area contributed by atoms with E-state index >= 15 is 0 Å². The lowest BCUT2D eigenvalue weighted by molar-refractivity contribution is -0.129. The Balaban J connectivity index is 1.51. The zero-order valence-corrected chi connectivity index (χ0v) is 15.1. The number of rotatable bonds is 2. The molecule has 1 saturated carbocycles. The molecule has 5 heteroatoms. The van der Waals surface area contributed by atoms with Crippen molar-refractivity contribution in [3.05, 3.63) is 24.3 Å². The number of carbonyl (C=O) groups is 1. The number of nitrogens with zero attached hydrogens (tertiary/aromatic N) is 1. The van der Waals surface area contributed by atoms with E-state index in [1.54, 1.807) is 0 Å². The van der Waals surface area contributed by atoms with Crippen LogP contribution in [-0.2, 0) is 14.1 Å². The van der Waals surface area contributed by atoms with Crippen LogP contribution in [0.1, 0.15) is 53.4 Å². The van der Waals surface area contributed by atoms with E-state index in [9.17, 15) is 4.79 Å². The van der Waals surface area contributed by atoms with Crippen molar-refractivity contribution in [2.75, 3.05) is 11.4 Å². The highest BCUT2D eigenvalue weighted by molar-refractivity contribution is 6.62. The largest absolute Gasteiger partial charge is 0.494 e. The summed E-state index contributed by atoms with van der Waals surface area (Å²) in [4.78, 5) is 14.6. The molecule has 0 radical (unpaired) electrons. The summed E-state index contributed by atoms with van der Waals surface area (Å²) >= 11 is 0. The molecule has 0 aromatic heterocycles. The predicted octanol–water partition coefficient (Wildman–Crippen LogP) is 2.89. The first-order valence-corrected chi connectivity index (χ1v) is 9.02. The van der Waals surface area contributed by atoms with Crippen LogP contribution in [-0.4, -0.2) is 30.8 Å². The number of hydrogen-bond donors (Lipinski definition) is 0. The first-order chi connectivity index (χ1) is 11.2. The molecule has 0 unspecified atom stereocenters. The van der Waals surface area contributed by atoms with E-state index in [0.29, 0.717) is 5.91 Å². The molecule has 3 aliphatic rings. The number of benzene rings is 1. The van der Waals surface area contributed by atoms with Crippen molar-refractivity contribution in [2.24, 2.45) is 5.41 Å². The van der Waals surface area contributed by atoms with Crippen molar-refractivity contribution in [2.45, 2.75) is 64.6 Å². The molecule has 1 aliphatic carbocycles. The van der Waals surface area contributed by atoms with Crippen LogP contribution in [0.25, 0.3) is 0 Å². The Morgan fingerprint density at radius 3 is 2.00 bits per heavy atom. The standard InChI is InChI=1S/C19H26BNO3/c1-17(2)18(3,4)24-20(23-17)14-6-8-15(9-7-14)21-13-12-19(16(21)22)10-5-11-19/h6-9H,5,10-13H2,1-4H3. The normalized spacial score (nSPS) is 26.9. The maximum absolute atomic E-state index is 12.7. The highest BCUT2D eigenvalue weighted by Gasteiger charge is 2.52. The second-order valence-electron chi connectivity index (χ2n) is 8.52. The van der Waals surface area contributed by atoms with Crippen molar-refractivity contribution in [1.29, 1.82) is 0 Å². The van der Waals surface area contributed by atoms with Crippen LogP contribution in [0.5, 0.6) is 0 Å². The van der Waals surface area contributed by atoms with Crippen LogP contribution < -0.4 is 10.4 Å². The lowest BCUT2D eigenvalue weighted by atomic mass is 9.68. The van der Waals surface area contributed by atoms with Gasteiger partial charge in [-0.3, -0.25) is 4.79 Å². The van der Waals surface area contributed by atoms with E-state index in [2.05, 4.69) is 27.7 Å². The molecular weight excluding hydrogens is 301 g/mol. The van der Waals surface area contributed by atoms with Gasteiger partial charge in [0.1, 0.15) is 0 Å². The molecule has 1 aromatic carbocycles. The summed E-state index contributed by atoms with van der Waals surface area (Å²) in [5, 5.41) is 0. The van der Waals surface area contributed by atoms with Gasteiger partial charge < -0.3 is 14.2 Å². The minimum absolute atomic E-state index is 0.0373.